The molecule has 0 saturated carbocycles. The molecule has 0 aliphatic heterocycles. The molecule has 0 rings (SSSR count). The fraction of sp³-hybridized carbons (Fsp3) is 1.00. The summed E-state index contributed by atoms with van der Waals surface area (Å²) >= 11 is 0. The highest BCUT2D eigenvalue weighted by atomic mass is 15.0. The number of nitrogens with two attached hydrogens (primary N) is 1. The van der Waals surface area contributed by atoms with Crippen LogP contribution in [0.25, 0.3) is 0 Å². The van der Waals surface area contributed by atoms with E-state index in [1.807, 2.05) is 20.9 Å². The third-order valence-electron chi connectivity index (χ3n) is 1.82. The van der Waals surface area contributed by atoms with Crippen molar-refractivity contribution >= 4 is 0 Å². The van der Waals surface area contributed by atoms with Gasteiger partial charge in [-0.1, -0.05) is 0 Å². The van der Waals surface area contributed by atoms with Gasteiger partial charge in [-0.05, 0) is 34.7 Å². The summed E-state index contributed by atoms with van der Waals surface area (Å²) in [6.45, 7) is 10.1. The first kappa shape index (κ1) is 11.9. The highest BCUT2D eigenvalue weighted by Crippen LogP contribution is 1.99. The van der Waals surface area contributed by atoms with E-state index >= 15 is 0 Å². The van der Waals surface area contributed by atoms with E-state index in [0.717, 1.165) is 13.1 Å². The molecule has 0 aromatic carbocycles. The average molecular weight is 173 g/mol. The monoisotopic (exact) mass is 173 g/mol. The lowest BCUT2D eigenvalue weighted by Gasteiger charge is -2.27. The van der Waals surface area contributed by atoms with Gasteiger partial charge in [-0.3, -0.25) is 0 Å². The highest BCUT2D eigenvalue weighted by Gasteiger charge is 2.16. The Bertz CT molecular complexity index is 124. The van der Waals surface area contributed by atoms with Crippen molar-refractivity contribution in [3.8, 4) is 0 Å². The number of hydrogen-bond acceptors (Lipinski definition) is 3. The lowest BCUT2D eigenvalue weighted by molar-refractivity contribution is 0.368. The third kappa shape index (κ3) is 6.58. The number of rotatable bonds is 5. The molecule has 0 bridgehead atoms. The van der Waals surface area contributed by atoms with Crippen LogP contribution in [0.4, 0.5) is 0 Å². The normalized spacial score (nSPS) is 13.5. The second kappa shape index (κ2) is 4.21. The van der Waals surface area contributed by atoms with Crippen LogP contribution in [0.3, 0.4) is 0 Å². The molecule has 0 aromatic rings. The summed E-state index contributed by atoms with van der Waals surface area (Å²) in [5.41, 5.74) is 5.85. The molecule has 0 atom stereocenters. The summed E-state index contributed by atoms with van der Waals surface area (Å²) in [5, 5.41) is 6.55. The Morgan fingerprint density at radius 3 is 1.92 bits per heavy atom. The summed E-state index contributed by atoms with van der Waals surface area (Å²) in [6.07, 6.45) is 0. The van der Waals surface area contributed by atoms with Crippen molar-refractivity contribution in [2.24, 2.45) is 5.73 Å². The van der Waals surface area contributed by atoms with E-state index in [2.05, 4.69) is 24.5 Å². The van der Waals surface area contributed by atoms with Crippen molar-refractivity contribution in [1.82, 2.24) is 10.6 Å². The van der Waals surface area contributed by atoms with Crippen LogP contribution in [0.1, 0.15) is 27.7 Å². The lowest BCUT2D eigenvalue weighted by Crippen LogP contribution is -2.50. The smallest absolute Gasteiger partial charge is 0.0246 e. The Hall–Kier alpha value is -0.120. The van der Waals surface area contributed by atoms with E-state index < -0.39 is 0 Å². The first-order chi connectivity index (χ1) is 5.27. The van der Waals surface area contributed by atoms with E-state index in [4.69, 9.17) is 5.73 Å². The summed E-state index contributed by atoms with van der Waals surface area (Å²) in [6, 6.07) is 0. The molecule has 4 N–H and O–H groups in total. The molecular weight excluding hydrogens is 150 g/mol. The maximum atomic E-state index is 5.82. The van der Waals surface area contributed by atoms with Crippen LogP contribution in [-0.4, -0.2) is 31.2 Å². The minimum atomic E-state index is -0.121. The van der Waals surface area contributed by atoms with Crippen molar-refractivity contribution in [2.75, 3.05) is 20.1 Å². The van der Waals surface area contributed by atoms with Crippen molar-refractivity contribution < 1.29 is 0 Å². The zero-order valence-corrected chi connectivity index (χ0v) is 8.99. The SMILES string of the molecule is CNC(C)(C)CNCC(C)(C)N. The van der Waals surface area contributed by atoms with Crippen molar-refractivity contribution in [3.63, 3.8) is 0 Å². The molecule has 0 radical (unpaired) electrons. The first-order valence-corrected chi connectivity index (χ1v) is 4.45. The Morgan fingerprint density at radius 2 is 1.58 bits per heavy atom. The Kier molecular flexibility index (Phi) is 4.17. The summed E-state index contributed by atoms with van der Waals surface area (Å²) in [7, 11) is 1.97. The molecule has 0 aliphatic rings. The van der Waals surface area contributed by atoms with Crippen molar-refractivity contribution in [1.29, 1.82) is 0 Å². The van der Waals surface area contributed by atoms with Gasteiger partial charge in [0.25, 0.3) is 0 Å². The topological polar surface area (TPSA) is 50.1 Å². The van der Waals surface area contributed by atoms with Gasteiger partial charge in [0.1, 0.15) is 0 Å². The van der Waals surface area contributed by atoms with Crippen LogP contribution < -0.4 is 16.4 Å². The van der Waals surface area contributed by atoms with E-state index in [1.54, 1.807) is 0 Å². The summed E-state index contributed by atoms with van der Waals surface area (Å²) in [5.74, 6) is 0. The largest absolute Gasteiger partial charge is 0.324 e. The minimum absolute atomic E-state index is 0.121. The molecule has 0 fully saturated rings. The molecule has 0 aliphatic carbocycles. The van der Waals surface area contributed by atoms with Crippen LogP contribution in [0, 0.1) is 0 Å². The molecular formula is C9H23N3. The molecule has 0 saturated heterocycles. The molecule has 0 spiro atoms. The van der Waals surface area contributed by atoms with E-state index in [1.165, 1.54) is 0 Å². The molecule has 3 nitrogen and oxygen atoms in total. The van der Waals surface area contributed by atoms with Gasteiger partial charge in [-0.15, -0.1) is 0 Å². The van der Waals surface area contributed by atoms with Gasteiger partial charge in [0.15, 0.2) is 0 Å². The second-order valence-electron chi connectivity index (χ2n) is 4.73. The highest BCUT2D eigenvalue weighted by molar-refractivity contribution is 4.81. The van der Waals surface area contributed by atoms with Gasteiger partial charge in [0.05, 0.1) is 0 Å². The van der Waals surface area contributed by atoms with Gasteiger partial charge in [-0.25, -0.2) is 0 Å². The first-order valence-electron chi connectivity index (χ1n) is 4.45. The van der Waals surface area contributed by atoms with Gasteiger partial charge in [-0.2, -0.15) is 0 Å². The quantitative estimate of drug-likeness (QED) is 0.561. The number of hydrogen-bond donors (Lipinski definition) is 3. The van der Waals surface area contributed by atoms with Crippen LogP contribution in [0.15, 0.2) is 0 Å². The van der Waals surface area contributed by atoms with Gasteiger partial charge < -0.3 is 16.4 Å². The predicted molar refractivity (Wildman–Crippen MR) is 54.3 cm³/mol. The van der Waals surface area contributed by atoms with Crippen LogP contribution in [-0.2, 0) is 0 Å². The number of likely N-dealkylation sites (N-methyl/N-ethyl adjacent to an activating group) is 1. The van der Waals surface area contributed by atoms with Crippen molar-refractivity contribution in [2.45, 2.75) is 38.8 Å². The van der Waals surface area contributed by atoms with E-state index in [9.17, 15) is 0 Å². The van der Waals surface area contributed by atoms with Crippen molar-refractivity contribution in [3.05, 3.63) is 0 Å². The lowest BCUT2D eigenvalue weighted by atomic mass is 10.0. The Balaban J connectivity index is 3.57. The fourth-order valence-electron chi connectivity index (χ4n) is 0.786. The molecule has 12 heavy (non-hydrogen) atoms. The molecule has 0 heterocycles. The number of nitrogens with one attached hydrogen (secondary N) is 2. The molecule has 3 heteroatoms. The van der Waals surface area contributed by atoms with Crippen LogP contribution in [0.2, 0.25) is 0 Å². The zero-order valence-electron chi connectivity index (χ0n) is 8.99. The average Bonchev–Trinajstić information content (AvgIpc) is 1.84. The summed E-state index contributed by atoms with van der Waals surface area (Å²) in [4.78, 5) is 0. The molecule has 0 aromatic heterocycles. The predicted octanol–water partition coefficient (Wildman–Crippen LogP) is 0.311. The zero-order chi connectivity index (χ0) is 9.83. The van der Waals surface area contributed by atoms with E-state index in [0.29, 0.717) is 0 Å². The third-order valence-corrected chi connectivity index (χ3v) is 1.82. The van der Waals surface area contributed by atoms with Gasteiger partial charge in [0, 0.05) is 24.2 Å². The standard InChI is InChI=1S/C9H23N3/c1-8(2,10)6-12-7-9(3,4)11-5/h11-12H,6-7,10H2,1-5H3. The Labute approximate surface area is 76.1 Å². The minimum Gasteiger partial charge on any atom is -0.324 e. The summed E-state index contributed by atoms with van der Waals surface area (Å²) < 4.78 is 0. The second-order valence-corrected chi connectivity index (χ2v) is 4.73. The maximum absolute atomic E-state index is 5.82. The maximum Gasteiger partial charge on any atom is 0.0246 e. The molecule has 74 valence electrons. The van der Waals surface area contributed by atoms with E-state index in [-0.39, 0.29) is 11.1 Å². The molecule has 0 unspecified atom stereocenters. The Morgan fingerprint density at radius 1 is 1.08 bits per heavy atom. The molecule has 0 amide bonds. The van der Waals surface area contributed by atoms with Crippen LogP contribution in [0.5, 0.6) is 0 Å². The van der Waals surface area contributed by atoms with Gasteiger partial charge >= 0.3 is 0 Å². The van der Waals surface area contributed by atoms with Crippen LogP contribution >= 0.6 is 0 Å². The fourth-order valence-corrected chi connectivity index (χ4v) is 0.786. The van der Waals surface area contributed by atoms with Gasteiger partial charge in [0.2, 0.25) is 0 Å².